The van der Waals surface area contributed by atoms with Crippen LogP contribution in [0.3, 0.4) is 0 Å². The summed E-state index contributed by atoms with van der Waals surface area (Å²) in [6, 6.07) is 16.2. The molecule has 0 saturated carbocycles. The van der Waals surface area contributed by atoms with Crippen LogP contribution in [0.1, 0.15) is 29.5 Å². The molecule has 2 aromatic carbocycles. The number of benzene rings is 2. The second-order valence-corrected chi connectivity index (χ2v) is 7.84. The van der Waals surface area contributed by atoms with Gasteiger partial charge in [-0.15, -0.1) is 0 Å². The fraction of sp³-hybridized carbons (Fsp3) is 0.409. The first-order valence-electron chi connectivity index (χ1n) is 9.62. The summed E-state index contributed by atoms with van der Waals surface area (Å²) in [7, 11) is 0. The molecule has 1 fully saturated rings. The highest BCUT2D eigenvalue weighted by Gasteiger charge is 2.19. The Balaban J connectivity index is 1.33. The molecule has 1 aliphatic rings. The number of carbonyl (C=O) groups is 1. The Kier molecular flexibility index (Phi) is 7.13. The molecule has 0 spiro atoms. The number of urea groups is 1. The molecule has 0 atom stereocenters. The molecule has 0 radical (unpaired) electrons. The van der Waals surface area contributed by atoms with E-state index < -0.39 is 0 Å². The van der Waals surface area contributed by atoms with Crippen molar-refractivity contribution < 1.29 is 4.79 Å². The predicted octanol–water partition coefficient (Wildman–Crippen LogP) is 4.36. The zero-order chi connectivity index (χ0) is 19.1. The van der Waals surface area contributed by atoms with Crippen LogP contribution in [0.25, 0.3) is 0 Å². The van der Waals surface area contributed by atoms with E-state index in [1.165, 1.54) is 11.1 Å². The number of carbonyl (C=O) groups excluding carboxylic acids is 1. The molecule has 2 amide bonds. The predicted molar refractivity (Wildman–Crippen MR) is 111 cm³/mol. The zero-order valence-corrected chi connectivity index (χ0v) is 16.6. The van der Waals surface area contributed by atoms with Crippen LogP contribution in [-0.4, -0.2) is 30.6 Å². The number of rotatable bonds is 6. The monoisotopic (exact) mass is 385 g/mol. The molecule has 144 valence electrons. The van der Waals surface area contributed by atoms with E-state index in [9.17, 15) is 4.79 Å². The van der Waals surface area contributed by atoms with Crippen molar-refractivity contribution >= 4 is 17.6 Å². The number of halogens is 1. The molecule has 2 N–H and O–H groups in total. The van der Waals surface area contributed by atoms with Gasteiger partial charge in [-0.3, -0.25) is 4.90 Å². The quantitative estimate of drug-likeness (QED) is 0.775. The van der Waals surface area contributed by atoms with Crippen molar-refractivity contribution in [1.82, 2.24) is 15.5 Å². The van der Waals surface area contributed by atoms with Gasteiger partial charge in [0.05, 0.1) is 0 Å². The molecule has 1 saturated heterocycles. The highest BCUT2D eigenvalue weighted by Crippen LogP contribution is 2.19. The Bertz CT molecular complexity index is 739. The van der Waals surface area contributed by atoms with Gasteiger partial charge in [0.1, 0.15) is 0 Å². The van der Waals surface area contributed by atoms with E-state index in [0.717, 1.165) is 49.6 Å². The largest absolute Gasteiger partial charge is 0.338 e. The second-order valence-electron chi connectivity index (χ2n) is 7.40. The van der Waals surface area contributed by atoms with E-state index in [4.69, 9.17) is 11.6 Å². The van der Waals surface area contributed by atoms with Gasteiger partial charge >= 0.3 is 6.03 Å². The third kappa shape index (κ3) is 6.56. The number of nitrogens with one attached hydrogen (secondary N) is 2. The fourth-order valence-electron chi connectivity index (χ4n) is 3.43. The van der Waals surface area contributed by atoms with Crippen LogP contribution in [0.15, 0.2) is 48.5 Å². The van der Waals surface area contributed by atoms with Crippen LogP contribution in [0, 0.1) is 12.8 Å². The zero-order valence-electron chi connectivity index (χ0n) is 15.9. The lowest BCUT2D eigenvalue weighted by Crippen LogP contribution is -2.41. The minimum atomic E-state index is -0.0862. The van der Waals surface area contributed by atoms with Crippen molar-refractivity contribution in [2.45, 2.75) is 32.9 Å². The molecule has 0 aromatic heterocycles. The summed E-state index contributed by atoms with van der Waals surface area (Å²) < 4.78 is 0. The van der Waals surface area contributed by atoms with Crippen molar-refractivity contribution in [2.24, 2.45) is 5.92 Å². The molecule has 1 aliphatic heterocycles. The Hall–Kier alpha value is -2.04. The Morgan fingerprint density at radius 3 is 2.52 bits per heavy atom. The molecule has 3 rings (SSSR count). The van der Waals surface area contributed by atoms with Gasteiger partial charge in [0.25, 0.3) is 0 Å². The van der Waals surface area contributed by atoms with Gasteiger partial charge in [0.2, 0.25) is 0 Å². The van der Waals surface area contributed by atoms with Crippen LogP contribution in [0.2, 0.25) is 5.02 Å². The average Bonchev–Trinajstić information content (AvgIpc) is 2.67. The van der Waals surface area contributed by atoms with Crippen molar-refractivity contribution in [3.8, 4) is 0 Å². The molecule has 27 heavy (non-hydrogen) atoms. The maximum atomic E-state index is 12.0. The van der Waals surface area contributed by atoms with Gasteiger partial charge in [-0.1, -0.05) is 53.6 Å². The number of piperidine rings is 1. The van der Waals surface area contributed by atoms with Crippen molar-refractivity contribution in [3.05, 3.63) is 70.2 Å². The average molecular weight is 386 g/mol. The smallest absolute Gasteiger partial charge is 0.315 e. The van der Waals surface area contributed by atoms with E-state index in [2.05, 4.69) is 40.7 Å². The minimum Gasteiger partial charge on any atom is -0.338 e. The third-order valence-corrected chi connectivity index (χ3v) is 5.36. The van der Waals surface area contributed by atoms with Crippen LogP contribution in [0.5, 0.6) is 0 Å². The molecule has 2 aromatic rings. The highest BCUT2D eigenvalue weighted by atomic mass is 35.5. The first kappa shape index (κ1) is 19.7. The van der Waals surface area contributed by atoms with E-state index >= 15 is 0 Å². The maximum absolute atomic E-state index is 12.0. The lowest BCUT2D eigenvalue weighted by Gasteiger charge is -2.32. The standard InChI is InChI=1S/C22H28ClN3O/c1-17-5-7-18(8-6-17)14-24-22(27)25-15-19-9-11-26(12-10-19)16-20-3-2-4-21(23)13-20/h2-8,13,19H,9-12,14-16H2,1H3,(H2,24,25,27). The molecular formula is C22H28ClN3O. The summed E-state index contributed by atoms with van der Waals surface area (Å²) >= 11 is 6.06. The van der Waals surface area contributed by atoms with Gasteiger partial charge in [-0.25, -0.2) is 4.79 Å². The molecular weight excluding hydrogens is 358 g/mol. The summed E-state index contributed by atoms with van der Waals surface area (Å²) in [6.45, 7) is 6.42. The Morgan fingerprint density at radius 2 is 1.81 bits per heavy atom. The summed E-state index contributed by atoms with van der Waals surface area (Å²) in [4.78, 5) is 14.5. The van der Waals surface area contributed by atoms with Crippen LogP contribution in [0.4, 0.5) is 4.79 Å². The summed E-state index contributed by atoms with van der Waals surface area (Å²) in [6.07, 6.45) is 2.22. The molecule has 0 bridgehead atoms. The van der Waals surface area contributed by atoms with E-state index in [1.807, 2.05) is 30.3 Å². The molecule has 0 aliphatic carbocycles. The van der Waals surface area contributed by atoms with E-state index in [-0.39, 0.29) is 6.03 Å². The highest BCUT2D eigenvalue weighted by molar-refractivity contribution is 6.30. The first-order chi connectivity index (χ1) is 13.1. The minimum absolute atomic E-state index is 0.0862. The van der Waals surface area contributed by atoms with Gasteiger partial charge in [-0.05, 0) is 62.0 Å². The fourth-order valence-corrected chi connectivity index (χ4v) is 3.64. The maximum Gasteiger partial charge on any atom is 0.315 e. The van der Waals surface area contributed by atoms with Gasteiger partial charge < -0.3 is 10.6 Å². The lowest BCUT2D eigenvalue weighted by atomic mass is 9.96. The van der Waals surface area contributed by atoms with Gasteiger partial charge in [-0.2, -0.15) is 0 Å². The Labute approximate surface area is 166 Å². The lowest BCUT2D eigenvalue weighted by molar-refractivity contribution is 0.175. The summed E-state index contributed by atoms with van der Waals surface area (Å²) in [5.74, 6) is 0.547. The normalized spacial score (nSPS) is 15.5. The van der Waals surface area contributed by atoms with Crippen molar-refractivity contribution in [1.29, 1.82) is 0 Å². The number of nitrogens with zero attached hydrogens (tertiary/aromatic N) is 1. The Morgan fingerprint density at radius 1 is 1.07 bits per heavy atom. The molecule has 4 nitrogen and oxygen atoms in total. The molecule has 1 heterocycles. The van der Waals surface area contributed by atoms with Crippen LogP contribution in [-0.2, 0) is 13.1 Å². The number of amides is 2. The number of hydrogen-bond donors (Lipinski definition) is 2. The number of likely N-dealkylation sites (tertiary alicyclic amines) is 1. The summed E-state index contributed by atoms with van der Waals surface area (Å²) in [5.41, 5.74) is 3.60. The second kappa shape index (κ2) is 9.77. The molecule has 5 heteroatoms. The van der Waals surface area contributed by atoms with E-state index in [1.54, 1.807) is 0 Å². The van der Waals surface area contributed by atoms with Crippen LogP contribution < -0.4 is 10.6 Å². The van der Waals surface area contributed by atoms with Gasteiger partial charge in [0.15, 0.2) is 0 Å². The van der Waals surface area contributed by atoms with Crippen molar-refractivity contribution in [2.75, 3.05) is 19.6 Å². The topological polar surface area (TPSA) is 44.4 Å². The summed E-state index contributed by atoms with van der Waals surface area (Å²) in [5, 5.41) is 6.75. The van der Waals surface area contributed by atoms with E-state index in [0.29, 0.717) is 12.5 Å². The van der Waals surface area contributed by atoms with Crippen LogP contribution >= 0.6 is 11.6 Å². The SMILES string of the molecule is Cc1ccc(CNC(=O)NCC2CCN(Cc3cccc(Cl)c3)CC2)cc1. The van der Waals surface area contributed by atoms with Crippen molar-refractivity contribution in [3.63, 3.8) is 0 Å². The molecule has 0 unspecified atom stereocenters. The van der Waals surface area contributed by atoms with Gasteiger partial charge in [0, 0.05) is 24.7 Å². The third-order valence-electron chi connectivity index (χ3n) is 5.13. The first-order valence-corrected chi connectivity index (χ1v) is 10.0. The number of aryl methyl sites for hydroxylation is 1. The number of hydrogen-bond acceptors (Lipinski definition) is 2.